The van der Waals surface area contributed by atoms with E-state index in [4.69, 9.17) is 4.74 Å². The predicted octanol–water partition coefficient (Wildman–Crippen LogP) is 2.74. The van der Waals surface area contributed by atoms with Crippen molar-refractivity contribution in [2.45, 2.75) is 25.9 Å². The standard InChI is InChI=1S/C13H19BrN2O3/c1-3-10(17)6-7-15-13(18)16-11-8-9(14)4-5-12(11)19-2/h4-5,8,10,17H,3,6-7H2,1-2H3,(H2,15,16,18). The lowest BCUT2D eigenvalue weighted by Crippen LogP contribution is -2.31. The highest BCUT2D eigenvalue weighted by Gasteiger charge is 2.08. The minimum atomic E-state index is -0.374. The molecule has 0 fully saturated rings. The van der Waals surface area contributed by atoms with E-state index in [9.17, 15) is 9.90 Å². The molecule has 5 nitrogen and oxygen atoms in total. The Bertz CT molecular complexity index is 426. The average molecular weight is 331 g/mol. The second-order valence-corrected chi connectivity index (χ2v) is 4.99. The molecule has 2 amide bonds. The number of ether oxygens (including phenoxy) is 1. The number of carbonyl (C=O) groups is 1. The van der Waals surface area contributed by atoms with Gasteiger partial charge < -0.3 is 20.5 Å². The Morgan fingerprint density at radius 3 is 2.89 bits per heavy atom. The Kier molecular flexibility index (Phi) is 6.66. The van der Waals surface area contributed by atoms with Crippen molar-refractivity contribution in [3.63, 3.8) is 0 Å². The number of carbonyl (C=O) groups excluding carboxylic acids is 1. The maximum Gasteiger partial charge on any atom is 0.319 e. The summed E-state index contributed by atoms with van der Waals surface area (Å²) in [5.41, 5.74) is 0.588. The number of anilines is 1. The first-order chi connectivity index (χ1) is 9.06. The minimum absolute atomic E-state index is 0.320. The van der Waals surface area contributed by atoms with Gasteiger partial charge in [0, 0.05) is 11.0 Å². The Morgan fingerprint density at radius 2 is 2.26 bits per heavy atom. The molecule has 0 aromatic heterocycles. The predicted molar refractivity (Wildman–Crippen MR) is 78.6 cm³/mol. The van der Waals surface area contributed by atoms with Crippen LogP contribution in [0.25, 0.3) is 0 Å². The molecule has 0 saturated heterocycles. The largest absolute Gasteiger partial charge is 0.495 e. The van der Waals surface area contributed by atoms with Gasteiger partial charge in [0.15, 0.2) is 0 Å². The molecule has 1 unspecified atom stereocenters. The van der Waals surface area contributed by atoms with Crippen molar-refractivity contribution in [2.24, 2.45) is 0 Å². The summed E-state index contributed by atoms with van der Waals surface area (Å²) in [6.07, 6.45) is 0.850. The molecule has 6 heteroatoms. The van der Waals surface area contributed by atoms with Crippen LogP contribution in [0.1, 0.15) is 19.8 Å². The molecule has 0 aliphatic heterocycles. The van der Waals surface area contributed by atoms with Crippen molar-refractivity contribution in [3.8, 4) is 5.75 Å². The number of hydrogen-bond donors (Lipinski definition) is 3. The summed E-state index contributed by atoms with van der Waals surface area (Å²) in [6, 6.07) is 5.04. The van der Waals surface area contributed by atoms with Crippen molar-refractivity contribution in [1.82, 2.24) is 5.32 Å². The smallest absolute Gasteiger partial charge is 0.319 e. The van der Waals surface area contributed by atoms with Crippen molar-refractivity contribution in [3.05, 3.63) is 22.7 Å². The Balaban J connectivity index is 2.50. The monoisotopic (exact) mass is 330 g/mol. The summed E-state index contributed by atoms with van der Waals surface area (Å²) >= 11 is 3.34. The molecule has 3 N–H and O–H groups in total. The highest BCUT2D eigenvalue weighted by Crippen LogP contribution is 2.27. The van der Waals surface area contributed by atoms with Gasteiger partial charge >= 0.3 is 6.03 Å². The van der Waals surface area contributed by atoms with Crippen molar-refractivity contribution in [2.75, 3.05) is 19.0 Å². The number of benzene rings is 1. The molecule has 19 heavy (non-hydrogen) atoms. The molecule has 0 aliphatic carbocycles. The van der Waals surface area contributed by atoms with Gasteiger partial charge in [0.2, 0.25) is 0 Å². The maximum absolute atomic E-state index is 11.7. The topological polar surface area (TPSA) is 70.6 Å². The molecular formula is C13H19BrN2O3. The zero-order chi connectivity index (χ0) is 14.3. The fourth-order valence-electron chi connectivity index (χ4n) is 1.50. The van der Waals surface area contributed by atoms with E-state index in [0.717, 1.165) is 4.47 Å². The van der Waals surface area contributed by atoms with Crippen LogP contribution in [0.15, 0.2) is 22.7 Å². The van der Waals surface area contributed by atoms with Crippen LogP contribution in [-0.4, -0.2) is 30.9 Å². The molecule has 0 heterocycles. The van der Waals surface area contributed by atoms with Gasteiger partial charge in [-0.05, 0) is 31.0 Å². The van der Waals surface area contributed by atoms with Crippen molar-refractivity contribution in [1.29, 1.82) is 0 Å². The van der Waals surface area contributed by atoms with Crippen LogP contribution in [0, 0.1) is 0 Å². The molecule has 1 atom stereocenters. The second kappa shape index (κ2) is 8.01. The van der Waals surface area contributed by atoms with E-state index in [2.05, 4.69) is 26.6 Å². The van der Waals surface area contributed by atoms with Gasteiger partial charge in [0.05, 0.1) is 18.9 Å². The molecule has 0 saturated carbocycles. The Morgan fingerprint density at radius 1 is 1.53 bits per heavy atom. The summed E-state index contributed by atoms with van der Waals surface area (Å²) in [7, 11) is 1.55. The summed E-state index contributed by atoms with van der Waals surface area (Å²) in [4.78, 5) is 11.7. The van der Waals surface area contributed by atoms with Crippen LogP contribution in [0.5, 0.6) is 5.75 Å². The third-order valence-electron chi connectivity index (χ3n) is 2.64. The zero-order valence-corrected chi connectivity index (χ0v) is 12.7. The SMILES string of the molecule is CCC(O)CCNC(=O)Nc1cc(Br)ccc1OC. The number of aliphatic hydroxyl groups is 1. The first-order valence-electron chi connectivity index (χ1n) is 6.13. The summed E-state index contributed by atoms with van der Waals surface area (Å²) < 4.78 is 6.01. The fraction of sp³-hybridized carbons (Fsp3) is 0.462. The molecule has 0 radical (unpaired) electrons. The van der Waals surface area contributed by atoms with Crippen LogP contribution in [-0.2, 0) is 0 Å². The van der Waals surface area contributed by atoms with Gasteiger partial charge in [-0.1, -0.05) is 22.9 Å². The van der Waals surface area contributed by atoms with Gasteiger partial charge in [-0.25, -0.2) is 4.79 Å². The quantitative estimate of drug-likeness (QED) is 0.751. The van der Waals surface area contributed by atoms with E-state index < -0.39 is 0 Å². The molecule has 106 valence electrons. The van der Waals surface area contributed by atoms with Crippen LogP contribution in [0.4, 0.5) is 10.5 Å². The average Bonchev–Trinajstić information content (AvgIpc) is 2.38. The summed E-state index contributed by atoms with van der Waals surface area (Å²) in [5.74, 6) is 0.590. The van der Waals surface area contributed by atoms with E-state index in [0.29, 0.717) is 30.8 Å². The van der Waals surface area contributed by atoms with Crippen LogP contribution in [0.3, 0.4) is 0 Å². The lowest BCUT2D eigenvalue weighted by atomic mass is 10.2. The molecule has 0 bridgehead atoms. The number of methoxy groups -OCH3 is 1. The van der Waals surface area contributed by atoms with Gasteiger partial charge in [0.1, 0.15) is 5.75 Å². The van der Waals surface area contributed by atoms with E-state index in [1.54, 1.807) is 19.2 Å². The number of halogens is 1. The molecule has 1 aromatic carbocycles. The molecule has 0 aliphatic rings. The van der Waals surface area contributed by atoms with Gasteiger partial charge in [0.25, 0.3) is 0 Å². The van der Waals surface area contributed by atoms with Crippen molar-refractivity contribution >= 4 is 27.6 Å². The highest BCUT2D eigenvalue weighted by atomic mass is 79.9. The van der Waals surface area contributed by atoms with Gasteiger partial charge in [-0.3, -0.25) is 0 Å². The van der Waals surface area contributed by atoms with Crippen molar-refractivity contribution < 1.29 is 14.6 Å². The zero-order valence-electron chi connectivity index (χ0n) is 11.1. The number of aliphatic hydroxyl groups excluding tert-OH is 1. The number of urea groups is 1. The first kappa shape index (κ1) is 15.8. The number of nitrogens with one attached hydrogen (secondary N) is 2. The van der Waals surface area contributed by atoms with Gasteiger partial charge in [-0.15, -0.1) is 0 Å². The third-order valence-corrected chi connectivity index (χ3v) is 3.14. The summed E-state index contributed by atoms with van der Waals surface area (Å²) in [6.45, 7) is 2.33. The normalized spacial score (nSPS) is 11.8. The molecule has 1 aromatic rings. The highest BCUT2D eigenvalue weighted by molar-refractivity contribution is 9.10. The molecule has 0 spiro atoms. The van der Waals surface area contributed by atoms with E-state index in [1.165, 1.54) is 0 Å². The number of hydrogen-bond acceptors (Lipinski definition) is 3. The van der Waals surface area contributed by atoms with Crippen LogP contribution < -0.4 is 15.4 Å². The van der Waals surface area contributed by atoms with Gasteiger partial charge in [-0.2, -0.15) is 0 Å². The maximum atomic E-state index is 11.7. The summed E-state index contributed by atoms with van der Waals surface area (Å²) in [5, 5.41) is 14.8. The van der Waals surface area contributed by atoms with E-state index in [-0.39, 0.29) is 12.1 Å². The first-order valence-corrected chi connectivity index (χ1v) is 6.92. The molecule has 1 rings (SSSR count). The minimum Gasteiger partial charge on any atom is -0.495 e. The third kappa shape index (κ3) is 5.48. The Labute approximate surface area is 121 Å². The molecular weight excluding hydrogens is 312 g/mol. The van der Waals surface area contributed by atoms with E-state index >= 15 is 0 Å². The van der Waals surface area contributed by atoms with Crippen LogP contribution in [0.2, 0.25) is 0 Å². The lowest BCUT2D eigenvalue weighted by Gasteiger charge is -2.12. The second-order valence-electron chi connectivity index (χ2n) is 4.08. The number of rotatable bonds is 6. The van der Waals surface area contributed by atoms with E-state index in [1.807, 2.05) is 13.0 Å². The number of amides is 2. The fourth-order valence-corrected chi connectivity index (χ4v) is 1.86. The Hall–Kier alpha value is -1.27. The van der Waals surface area contributed by atoms with Crippen LogP contribution >= 0.6 is 15.9 Å². The lowest BCUT2D eigenvalue weighted by molar-refractivity contribution is 0.160.